The van der Waals surface area contributed by atoms with E-state index in [2.05, 4.69) is 16.0 Å². The number of aliphatic hydroxyl groups is 1. The third-order valence-corrected chi connectivity index (χ3v) is 3.84. The minimum atomic E-state index is -1.63. The summed E-state index contributed by atoms with van der Waals surface area (Å²) < 4.78 is 0. The lowest BCUT2D eigenvalue weighted by atomic mass is 9.86. The Labute approximate surface area is 159 Å². The number of carboxylic acid groups (broad SMARTS) is 1. The van der Waals surface area contributed by atoms with Crippen LogP contribution in [0.4, 0.5) is 4.79 Å². The van der Waals surface area contributed by atoms with Gasteiger partial charge in [0, 0.05) is 14.1 Å². The molecular formula is C17H32N4O6. The Bertz CT molecular complexity index is 544. The maximum absolute atomic E-state index is 12.3. The average Bonchev–Trinajstić information content (AvgIpc) is 2.54. The van der Waals surface area contributed by atoms with Crippen LogP contribution in [0.25, 0.3) is 0 Å². The number of likely N-dealkylation sites (N-methyl/N-ethyl adjacent to an activating group) is 1. The zero-order chi connectivity index (χ0) is 21.4. The predicted molar refractivity (Wildman–Crippen MR) is 99.0 cm³/mol. The van der Waals surface area contributed by atoms with Crippen molar-refractivity contribution in [3.63, 3.8) is 0 Å². The van der Waals surface area contributed by atoms with E-state index in [1.54, 1.807) is 41.8 Å². The van der Waals surface area contributed by atoms with Crippen LogP contribution in [0, 0.1) is 5.41 Å². The molecule has 0 aromatic heterocycles. The first kappa shape index (κ1) is 24.6. The molecule has 0 aromatic rings. The normalized spacial score (nSPS) is 14.5. The lowest BCUT2D eigenvalue weighted by molar-refractivity contribution is -0.137. The van der Waals surface area contributed by atoms with Crippen LogP contribution >= 0.6 is 0 Å². The van der Waals surface area contributed by atoms with E-state index >= 15 is 0 Å². The highest BCUT2D eigenvalue weighted by Gasteiger charge is 2.34. The lowest BCUT2D eigenvalue weighted by Gasteiger charge is -2.32. The number of rotatable bonds is 9. The zero-order valence-corrected chi connectivity index (χ0v) is 16.8. The van der Waals surface area contributed by atoms with Crippen LogP contribution in [0.3, 0.4) is 0 Å². The second kappa shape index (κ2) is 10.7. The van der Waals surface area contributed by atoms with Gasteiger partial charge in [0.05, 0.1) is 12.6 Å². The number of carbonyl (C=O) groups excluding carboxylic acids is 3. The number of hydrogen-bond acceptors (Lipinski definition) is 5. The van der Waals surface area contributed by atoms with E-state index in [1.807, 2.05) is 0 Å². The van der Waals surface area contributed by atoms with Crippen molar-refractivity contribution in [2.75, 3.05) is 20.6 Å². The van der Waals surface area contributed by atoms with Crippen LogP contribution in [0.2, 0.25) is 0 Å². The van der Waals surface area contributed by atoms with Gasteiger partial charge in [-0.15, -0.1) is 0 Å². The van der Waals surface area contributed by atoms with Gasteiger partial charge in [-0.2, -0.15) is 0 Å². The van der Waals surface area contributed by atoms with Crippen LogP contribution in [-0.4, -0.2) is 77.8 Å². The molecule has 2 unspecified atom stereocenters. The highest BCUT2D eigenvalue weighted by Crippen LogP contribution is 2.20. The summed E-state index contributed by atoms with van der Waals surface area (Å²) in [6.45, 7) is 6.73. The maximum atomic E-state index is 12.3. The van der Waals surface area contributed by atoms with Gasteiger partial charge in [-0.25, -0.2) is 4.79 Å². The Hall–Kier alpha value is -2.36. The summed E-state index contributed by atoms with van der Waals surface area (Å²) in [4.78, 5) is 48.5. The monoisotopic (exact) mass is 388 g/mol. The highest BCUT2D eigenvalue weighted by molar-refractivity contribution is 5.91. The molecule has 0 spiro atoms. The van der Waals surface area contributed by atoms with Gasteiger partial charge in [-0.1, -0.05) is 34.1 Å². The molecule has 0 saturated carbocycles. The summed E-state index contributed by atoms with van der Waals surface area (Å²) >= 11 is 0. The quantitative estimate of drug-likeness (QED) is 0.360. The van der Waals surface area contributed by atoms with Crippen molar-refractivity contribution in [1.82, 2.24) is 20.9 Å². The van der Waals surface area contributed by atoms with E-state index in [9.17, 15) is 24.3 Å². The molecule has 0 bridgehead atoms. The minimum Gasteiger partial charge on any atom is -0.465 e. The summed E-state index contributed by atoms with van der Waals surface area (Å²) in [5.41, 5.74) is -0.543. The van der Waals surface area contributed by atoms with Gasteiger partial charge in [-0.05, 0) is 11.8 Å². The van der Waals surface area contributed by atoms with E-state index in [0.29, 0.717) is 6.42 Å². The van der Waals surface area contributed by atoms with Gasteiger partial charge in [0.2, 0.25) is 11.8 Å². The van der Waals surface area contributed by atoms with Gasteiger partial charge in [-0.3, -0.25) is 14.4 Å². The van der Waals surface area contributed by atoms with Gasteiger partial charge in [0.25, 0.3) is 5.91 Å². The molecule has 10 heteroatoms. The Morgan fingerprint density at radius 1 is 1.07 bits per heavy atom. The topological polar surface area (TPSA) is 148 Å². The minimum absolute atomic E-state index is 0.260. The summed E-state index contributed by atoms with van der Waals surface area (Å²) in [7, 11) is 3.16. The van der Waals surface area contributed by atoms with Crippen LogP contribution in [0.1, 0.15) is 40.5 Å². The molecule has 27 heavy (non-hydrogen) atoms. The summed E-state index contributed by atoms with van der Waals surface area (Å²) in [6.07, 6.45) is -2.17. The van der Waals surface area contributed by atoms with Crippen molar-refractivity contribution in [2.45, 2.75) is 58.7 Å². The molecular weight excluding hydrogens is 356 g/mol. The smallest absolute Gasteiger partial charge is 0.404 e. The first-order valence-corrected chi connectivity index (χ1v) is 8.77. The Morgan fingerprint density at radius 3 is 2.04 bits per heavy atom. The fourth-order valence-corrected chi connectivity index (χ4v) is 2.35. The van der Waals surface area contributed by atoms with Crippen LogP contribution in [-0.2, 0) is 14.4 Å². The molecule has 4 amide bonds. The Morgan fingerprint density at radius 2 is 1.63 bits per heavy atom. The third-order valence-electron chi connectivity index (χ3n) is 3.84. The fourth-order valence-electron chi connectivity index (χ4n) is 2.35. The van der Waals surface area contributed by atoms with E-state index in [1.165, 1.54) is 4.90 Å². The molecule has 0 fully saturated rings. The molecule has 5 N–H and O–H groups in total. The summed E-state index contributed by atoms with van der Waals surface area (Å²) in [5.74, 6) is -1.75. The number of nitrogens with one attached hydrogen (secondary N) is 3. The van der Waals surface area contributed by atoms with Crippen LogP contribution < -0.4 is 16.0 Å². The van der Waals surface area contributed by atoms with Crippen molar-refractivity contribution in [1.29, 1.82) is 0 Å². The van der Waals surface area contributed by atoms with Crippen LogP contribution in [0.15, 0.2) is 0 Å². The maximum Gasteiger partial charge on any atom is 0.404 e. The van der Waals surface area contributed by atoms with E-state index in [4.69, 9.17) is 5.11 Å². The van der Waals surface area contributed by atoms with Crippen LogP contribution in [0.5, 0.6) is 0 Å². The van der Waals surface area contributed by atoms with Crippen molar-refractivity contribution in [3.8, 4) is 0 Å². The SMILES string of the molecule is CCCC(NC(=O)O)C(O)C(=O)NCC(=O)N[C@H](C(=O)N(C)C)C(C)(C)C. The Balaban J connectivity index is 4.84. The highest BCUT2D eigenvalue weighted by atomic mass is 16.4. The molecule has 0 saturated heterocycles. The van der Waals surface area contributed by atoms with E-state index < -0.39 is 48.1 Å². The number of amides is 4. The number of aliphatic hydroxyl groups excluding tert-OH is 1. The standard InChI is InChI=1S/C17H32N4O6/c1-7-8-10(19-16(26)27)12(23)14(24)18-9-11(22)20-13(17(2,3)4)15(25)21(5)6/h10,12-13,19,23H,7-9H2,1-6H3,(H,18,24)(H,20,22)(H,26,27)/t10?,12?,13-/m1/s1. The molecule has 0 aromatic carbocycles. The third kappa shape index (κ3) is 8.72. The number of hydrogen-bond donors (Lipinski definition) is 5. The molecule has 0 rings (SSSR count). The van der Waals surface area contributed by atoms with Gasteiger partial charge in [0.1, 0.15) is 6.04 Å². The van der Waals surface area contributed by atoms with Crippen molar-refractivity contribution in [2.24, 2.45) is 5.41 Å². The molecule has 10 nitrogen and oxygen atoms in total. The zero-order valence-electron chi connectivity index (χ0n) is 16.8. The van der Waals surface area contributed by atoms with Gasteiger partial charge >= 0.3 is 6.09 Å². The fraction of sp³-hybridized carbons (Fsp3) is 0.765. The molecule has 0 heterocycles. The molecule has 3 atom stereocenters. The first-order chi connectivity index (χ1) is 12.3. The van der Waals surface area contributed by atoms with Gasteiger partial charge in [0.15, 0.2) is 6.10 Å². The van der Waals surface area contributed by atoms with Crippen molar-refractivity contribution >= 4 is 23.8 Å². The number of carbonyl (C=O) groups is 4. The second-order valence-electron chi connectivity index (χ2n) is 7.61. The van der Waals surface area contributed by atoms with E-state index in [-0.39, 0.29) is 12.3 Å². The first-order valence-electron chi connectivity index (χ1n) is 8.77. The number of nitrogens with zero attached hydrogens (tertiary/aromatic N) is 1. The Kier molecular flexibility index (Phi) is 9.77. The average molecular weight is 388 g/mol. The molecule has 156 valence electrons. The molecule has 0 aliphatic heterocycles. The molecule has 0 radical (unpaired) electrons. The largest absolute Gasteiger partial charge is 0.465 e. The molecule has 0 aliphatic rings. The summed E-state index contributed by atoms with van der Waals surface area (Å²) in [5, 5.41) is 25.7. The molecule has 0 aliphatic carbocycles. The second-order valence-corrected chi connectivity index (χ2v) is 7.61. The lowest BCUT2D eigenvalue weighted by Crippen LogP contribution is -2.56. The predicted octanol–water partition coefficient (Wildman–Crippen LogP) is -0.481. The van der Waals surface area contributed by atoms with E-state index in [0.717, 1.165) is 0 Å². The summed E-state index contributed by atoms with van der Waals surface area (Å²) in [6, 6.07) is -1.77. The van der Waals surface area contributed by atoms with Crippen molar-refractivity contribution in [3.05, 3.63) is 0 Å². The van der Waals surface area contributed by atoms with Gasteiger partial charge < -0.3 is 31.1 Å². The van der Waals surface area contributed by atoms with Crippen molar-refractivity contribution < 1.29 is 29.4 Å².